The fraction of sp³-hybridized carbons (Fsp3) is 0.435. The van der Waals surface area contributed by atoms with Crippen LogP contribution in [0.3, 0.4) is 0 Å². The van der Waals surface area contributed by atoms with Crippen LogP contribution in [-0.2, 0) is 4.74 Å². The summed E-state index contributed by atoms with van der Waals surface area (Å²) in [5.74, 6) is 0.373. The molecule has 162 valence electrons. The highest BCUT2D eigenvalue weighted by Gasteiger charge is 2.39. The Morgan fingerprint density at radius 2 is 1.57 bits per heavy atom. The van der Waals surface area contributed by atoms with Crippen molar-refractivity contribution in [3.8, 4) is 5.75 Å². The summed E-state index contributed by atoms with van der Waals surface area (Å²) >= 11 is 0. The molecule has 0 saturated heterocycles. The summed E-state index contributed by atoms with van der Waals surface area (Å²) < 4.78 is 11.7. The number of anilines is 1. The van der Waals surface area contributed by atoms with Gasteiger partial charge in [-0.3, -0.25) is 15.1 Å². The Balaban J connectivity index is 2.44. The van der Waals surface area contributed by atoms with Crippen LogP contribution in [-0.4, -0.2) is 30.8 Å². The molecule has 2 rings (SSSR count). The van der Waals surface area contributed by atoms with Crippen LogP contribution in [0.1, 0.15) is 57.5 Å². The largest absolute Gasteiger partial charge is 0.543 e. The molecule has 0 unspecified atom stereocenters. The third-order valence-corrected chi connectivity index (χ3v) is 9.35. The first-order valence-corrected chi connectivity index (χ1v) is 12.9. The minimum absolute atomic E-state index is 0.00963. The highest BCUT2D eigenvalue weighted by Crippen LogP contribution is 2.38. The number of amides is 1. The van der Waals surface area contributed by atoms with E-state index in [0.29, 0.717) is 22.6 Å². The SMILES string of the molecule is CC(C)(C)OC(=O)Nc1ccc(O[Si](C)(C)C(C)(C)C)cc1C(=O)c1ccncc1. The third kappa shape index (κ3) is 6.16. The van der Waals surface area contributed by atoms with Crippen molar-refractivity contribution in [3.63, 3.8) is 0 Å². The van der Waals surface area contributed by atoms with Gasteiger partial charge in [-0.15, -0.1) is 0 Å². The fourth-order valence-electron chi connectivity index (χ4n) is 2.40. The van der Waals surface area contributed by atoms with E-state index in [-0.39, 0.29) is 10.8 Å². The Hall–Kier alpha value is -2.67. The van der Waals surface area contributed by atoms with Crippen LogP contribution < -0.4 is 9.74 Å². The summed E-state index contributed by atoms with van der Waals surface area (Å²) in [6.45, 7) is 16.1. The number of rotatable bonds is 5. The van der Waals surface area contributed by atoms with Crippen LogP contribution >= 0.6 is 0 Å². The molecule has 1 aromatic heterocycles. The molecule has 7 heteroatoms. The van der Waals surface area contributed by atoms with Gasteiger partial charge in [0.15, 0.2) is 5.78 Å². The Bertz CT molecular complexity index is 913. The smallest absolute Gasteiger partial charge is 0.412 e. The lowest BCUT2D eigenvalue weighted by molar-refractivity contribution is 0.0636. The molecule has 30 heavy (non-hydrogen) atoms. The van der Waals surface area contributed by atoms with Crippen molar-refractivity contribution in [3.05, 3.63) is 53.9 Å². The van der Waals surface area contributed by atoms with Crippen molar-refractivity contribution in [2.45, 2.75) is 65.3 Å². The molecule has 1 N–H and O–H groups in total. The standard InChI is InChI=1S/C23H32N2O4Si/c1-22(2,3)28-21(27)25-19-10-9-17(29-30(7,8)23(4,5)6)15-18(19)20(26)16-11-13-24-14-12-16/h9-15H,1-8H3,(H,25,27). The second kappa shape index (κ2) is 8.59. The van der Waals surface area contributed by atoms with Gasteiger partial charge < -0.3 is 9.16 Å². The summed E-state index contributed by atoms with van der Waals surface area (Å²) in [5.41, 5.74) is 0.531. The number of ketones is 1. The number of carbonyl (C=O) groups excluding carboxylic acids is 2. The molecule has 1 heterocycles. The quantitative estimate of drug-likeness (QED) is 0.464. The van der Waals surface area contributed by atoms with Crippen molar-refractivity contribution >= 4 is 25.9 Å². The van der Waals surface area contributed by atoms with Gasteiger partial charge >= 0.3 is 6.09 Å². The van der Waals surface area contributed by atoms with E-state index in [2.05, 4.69) is 44.2 Å². The zero-order chi connectivity index (χ0) is 22.7. The van der Waals surface area contributed by atoms with Gasteiger partial charge in [-0.2, -0.15) is 0 Å². The van der Waals surface area contributed by atoms with Gasteiger partial charge in [-0.25, -0.2) is 4.79 Å². The Kier molecular flexibility index (Phi) is 6.76. The number of nitrogens with one attached hydrogen (secondary N) is 1. The molecule has 1 amide bonds. The summed E-state index contributed by atoms with van der Waals surface area (Å²) in [5, 5.41) is 2.71. The molecule has 0 spiro atoms. The van der Waals surface area contributed by atoms with Crippen molar-refractivity contribution < 1.29 is 18.8 Å². The fourth-order valence-corrected chi connectivity index (χ4v) is 3.43. The van der Waals surface area contributed by atoms with Crippen LogP contribution in [0, 0.1) is 0 Å². The van der Waals surface area contributed by atoms with E-state index in [1.54, 1.807) is 63.5 Å². The second-order valence-corrected chi connectivity index (χ2v) is 14.5. The molecule has 0 radical (unpaired) electrons. The number of hydrogen-bond acceptors (Lipinski definition) is 5. The van der Waals surface area contributed by atoms with Crippen LogP contribution in [0.4, 0.5) is 10.5 Å². The molecule has 0 fully saturated rings. The molecule has 0 aliphatic carbocycles. The number of pyridine rings is 1. The maximum atomic E-state index is 13.2. The number of carbonyl (C=O) groups is 2. The molecular formula is C23H32N2O4Si. The maximum absolute atomic E-state index is 13.2. The van der Waals surface area contributed by atoms with Gasteiger partial charge in [0, 0.05) is 23.5 Å². The first-order valence-electron chi connectivity index (χ1n) is 9.97. The third-order valence-electron chi connectivity index (χ3n) is 4.99. The highest BCUT2D eigenvalue weighted by atomic mass is 28.4. The molecular weight excluding hydrogens is 396 g/mol. The van der Waals surface area contributed by atoms with E-state index >= 15 is 0 Å². The van der Waals surface area contributed by atoms with Crippen LogP contribution in [0.15, 0.2) is 42.7 Å². The molecule has 0 atom stereocenters. The lowest BCUT2D eigenvalue weighted by atomic mass is 10.0. The average molecular weight is 429 g/mol. The zero-order valence-electron chi connectivity index (χ0n) is 19.1. The Morgan fingerprint density at radius 3 is 2.10 bits per heavy atom. The number of aromatic nitrogens is 1. The zero-order valence-corrected chi connectivity index (χ0v) is 20.1. The second-order valence-electron chi connectivity index (χ2n) is 9.76. The van der Waals surface area contributed by atoms with Gasteiger partial charge in [-0.1, -0.05) is 20.8 Å². The predicted octanol–water partition coefficient (Wildman–Crippen LogP) is 6.04. The maximum Gasteiger partial charge on any atom is 0.412 e. The van der Waals surface area contributed by atoms with Gasteiger partial charge in [-0.05, 0) is 69.2 Å². The Labute approximate surface area is 180 Å². The summed E-state index contributed by atoms with van der Waals surface area (Å²) in [7, 11) is -2.10. The van der Waals surface area contributed by atoms with Crippen molar-refractivity contribution in [1.29, 1.82) is 0 Å². The van der Waals surface area contributed by atoms with Crippen molar-refractivity contribution in [2.24, 2.45) is 0 Å². The van der Waals surface area contributed by atoms with Crippen molar-refractivity contribution in [2.75, 3.05) is 5.32 Å². The predicted molar refractivity (Wildman–Crippen MR) is 122 cm³/mol. The number of hydrogen-bond donors (Lipinski definition) is 1. The minimum Gasteiger partial charge on any atom is -0.543 e. The van der Waals surface area contributed by atoms with E-state index in [9.17, 15) is 9.59 Å². The van der Waals surface area contributed by atoms with E-state index in [0.717, 1.165) is 0 Å². The topological polar surface area (TPSA) is 77.5 Å². The summed E-state index contributed by atoms with van der Waals surface area (Å²) in [6, 6.07) is 8.43. The molecule has 2 aromatic rings. The first kappa shape index (κ1) is 23.6. The van der Waals surface area contributed by atoms with E-state index < -0.39 is 20.0 Å². The monoisotopic (exact) mass is 428 g/mol. The normalized spacial score (nSPS) is 12.3. The van der Waals surface area contributed by atoms with Gasteiger partial charge in [0.1, 0.15) is 11.4 Å². The molecule has 1 aromatic carbocycles. The number of nitrogens with zero attached hydrogens (tertiary/aromatic N) is 1. The number of ether oxygens (including phenoxy) is 1. The summed E-state index contributed by atoms with van der Waals surface area (Å²) in [4.78, 5) is 29.5. The van der Waals surface area contributed by atoms with Crippen LogP contribution in [0.25, 0.3) is 0 Å². The average Bonchev–Trinajstić information content (AvgIpc) is 2.60. The van der Waals surface area contributed by atoms with Gasteiger partial charge in [0.05, 0.1) is 5.69 Å². The molecule has 0 aliphatic heterocycles. The van der Waals surface area contributed by atoms with Crippen LogP contribution in [0.5, 0.6) is 5.75 Å². The van der Waals surface area contributed by atoms with E-state index in [1.165, 1.54) is 0 Å². The van der Waals surface area contributed by atoms with Crippen molar-refractivity contribution in [1.82, 2.24) is 4.98 Å². The Morgan fingerprint density at radius 1 is 0.967 bits per heavy atom. The molecule has 6 nitrogen and oxygen atoms in total. The molecule has 0 bridgehead atoms. The molecule has 0 saturated carbocycles. The highest BCUT2D eigenvalue weighted by molar-refractivity contribution is 6.74. The minimum atomic E-state index is -2.10. The lowest BCUT2D eigenvalue weighted by Gasteiger charge is -2.36. The lowest BCUT2D eigenvalue weighted by Crippen LogP contribution is -2.43. The van der Waals surface area contributed by atoms with E-state index in [4.69, 9.17) is 9.16 Å². The van der Waals surface area contributed by atoms with Gasteiger partial charge in [0.2, 0.25) is 8.32 Å². The van der Waals surface area contributed by atoms with Gasteiger partial charge in [0.25, 0.3) is 0 Å². The first-order chi connectivity index (χ1) is 13.7. The number of benzene rings is 1. The van der Waals surface area contributed by atoms with Crippen LogP contribution in [0.2, 0.25) is 18.1 Å². The molecule has 0 aliphatic rings. The summed E-state index contributed by atoms with van der Waals surface area (Å²) in [6.07, 6.45) is 2.50. The van der Waals surface area contributed by atoms with E-state index in [1.807, 2.05) is 0 Å².